The molecule has 0 aliphatic carbocycles. The molecule has 198 valence electrons. The second kappa shape index (κ2) is 11.2. The average Bonchev–Trinajstić information content (AvgIpc) is 2.95. The van der Waals surface area contributed by atoms with E-state index >= 15 is 0 Å². The van der Waals surface area contributed by atoms with Gasteiger partial charge in [-0.25, -0.2) is 18.6 Å². The number of benzene rings is 2. The zero-order valence-electron chi connectivity index (χ0n) is 20.9. The van der Waals surface area contributed by atoms with Gasteiger partial charge in [0.15, 0.2) is 28.6 Å². The first-order chi connectivity index (χ1) is 18.4. The van der Waals surface area contributed by atoms with Crippen LogP contribution in [0.3, 0.4) is 0 Å². The lowest BCUT2D eigenvalue weighted by Crippen LogP contribution is -2.43. The summed E-state index contributed by atoms with van der Waals surface area (Å²) in [5.41, 5.74) is -0.473. The zero-order chi connectivity index (χ0) is 26.6. The molecule has 12 heteroatoms. The molecule has 4 aromatic rings. The molecule has 0 saturated carbocycles. The van der Waals surface area contributed by atoms with Gasteiger partial charge in [-0.3, -0.25) is 13.9 Å². The van der Waals surface area contributed by atoms with E-state index in [2.05, 4.69) is 25.4 Å². The minimum absolute atomic E-state index is 0.0453. The van der Waals surface area contributed by atoms with Crippen LogP contribution in [-0.4, -0.2) is 68.5 Å². The Labute approximate surface area is 216 Å². The molecule has 0 atom stereocenters. The number of nitrogens with one attached hydrogen (secondary N) is 1. The van der Waals surface area contributed by atoms with Gasteiger partial charge < -0.3 is 15.0 Å². The number of fused-ring (bicyclic) bond motifs is 1. The van der Waals surface area contributed by atoms with Crippen molar-refractivity contribution in [3.05, 3.63) is 80.5 Å². The maximum absolute atomic E-state index is 13.7. The fraction of sp³-hybridized carbons (Fsp3) is 0.346. The van der Waals surface area contributed by atoms with E-state index in [0.717, 1.165) is 60.4 Å². The molecule has 0 bridgehead atoms. The van der Waals surface area contributed by atoms with Crippen molar-refractivity contribution in [2.24, 2.45) is 7.05 Å². The molecular weight excluding hydrogens is 496 g/mol. The van der Waals surface area contributed by atoms with Gasteiger partial charge in [-0.2, -0.15) is 0 Å². The quantitative estimate of drug-likeness (QED) is 0.347. The van der Waals surface area contributed by atoms with E-state index in [1.54, 1.807) is 24.3 Å². The van der Waals surface area contributed by atoms with Crippen LogP contribution in [0.5, 0.6) is 5.75 Å². The third kappa shape index (κ3) is 5.46. The van der Waals surface area contributed by atoms with Crippen molar-refractivity contribution in [3.8, 4) is 17.1 Å². The number of rotatable bonds is 8. The fourth-order valence-corrected chi connectivity index (χ4v) is 4.36. The van der Waals surface area contributed by atoms with Crippen molar-refractivity contribution in [3.63, 3.8) is 0 Å². The summed E-state index contributed by atoms with van der Waals surface area (Å²) in [6, 6.07) is 10.5. The van der Waals surface area contributed by atoms with Crippen LogP contribution in [0, 0.1) is 11.6 Å². The minimum Gasteiger partial charge on any atom is -0.494 e. The van der Waals surface area contributed by atoms with E-state index in [0.29, 0.717) is 23.5 Å². The lowest BCUT2D eigenvalue weighted by Gasteiger charge is -2.26. The van der Waals surface area contributed by atoms with Crippen LogP contribution in [-0.2, 0) is 13.6 Å². The lowest BCUT2D eigenvalue weighted by atomic mass is 10.2. The Morgan fingerprint density at radius 1 is 1.00 bits per heavy atom. The highest BCUT2D eigenvalue weighted by molar-refractivity contribution is 5.71. The molecule has 38 heavy (non-hydrogen) atoms. The summed E-state index contributed by atoms with van der Waals surface area (Å²) < 4.78 is 34.9. The standard InChI is InChI=1S/C26H27F2N7O3/c1-33-25(36)22-24(35(26(33)37)16-17-3-8-20(27)21(28)15-17)32-31-23(30-22)18-4-6-19(7-5-18)38-14-2-11-34-12-9-29-10-13-34/h3-8,15,29H,2,9-14,16H2,1H3. The summed E-state index contributed by atoms with van der Waals surface area (Å²) in [5.74, 6) is -1.12. The van der Waals surface area contributed by atoms with Crippen molar-refractivity contribution in [2.75, 3.05) is 39.3 Å². The second-order valence-electron chi connectivity index (χ2n) is 9.11. The van der Waals surface area contributed by atoms with E-state index in [4.69, 9.17) is 4.74 Å². The maximum Gasteiger partial charge on any atom is 0.332 e. The lowest BCUT2D eigenvalue weighted by molar-refractivity contribution is 0.214. The Kier molecular flexibility index (Phi) is 7.52. The molecule has 0 spiro atoms. The normalized spacial score (nSPS) is 14.2. The Morgan fingerprint density at radius 2 is 1.76 bits per heavy atom. The number of halogens is 2. The predicted octanol–water partition coefficient (Wildman–Crippen LogP) is 1.55. The summed E-state index contributed by atoms with van der Waals surface area (Å²) in [5, 5.41) is 11.6. The largest absolute Gasteiger partial charge is 0.494 e. The molecule has 1 aliphatic rings. The predicted molar refractivity (Wildman–Crippen MR) is 137 cm³/mol. The second-order valence-corrected chi connectivity index (χ2v) is 9.11. The molecule has 5 rings (SSSR count). The first-order valence-corrected chi connectivity index (χ1v) is 12.4. The number of hydrogen-bond acceptors (Lipinski definition) is 8. The van der Waals surface area contributed by atoms with E-state index in [1.807, 2.05) is 0 Å². The van der Waals surface area contributed by atoms with Crippen LogP contribution < -0.4 is 21.3 Å². The Balaban J connectivity index is 1.34. The van der Waals surface area contributed by atoms with Gasteiger partial charge in [-0.05, 0) is 48.4 Å². The number of hydrogen-bond donors (Lipinski definition) is 1. The molecule has 1 aliphatic heterocycles. The molecule has 0 amide bonds. The maximum atomic E-state index is 13.7. The van der Waals surface area contributed by atoms with Crippen molar-refractivity contribution >= 4 is 11.2 Å². The summed E-state index contributed by atoms with van der Waals surface area (Å²) in [6.07, 6.45) is 0.926. The van der Waals surface area contributed by atoms with Gasteiger partial charge in [0.05, 0.1) is 13.2 Å². The minimum atomic E-state index is -1.04. The number of piperazine rings is 1. The fourth-order valence-electron chi connectivity index (χ4n) is 4.36. The van der Waals surface area contributed by atoms with Crippen molar-refractivity contribution in [1.82, 2.24) is 34.5 Å². The van der Waals surface area contributed by atoms with Crippen LogP contribution in [0.4, 0.5) is 8.78 Å². The molecule has 1 fully saturated rings. The van der Waals surface area contributed by atoms with E-state index in [-0.39, 0.29) is 23.5 Å². The van der Waals surface area contributed by atoms with E-state index < -0.39 is 22.9 Å². The highest BCUT2D eigenvalue weighted by Crippen LogP contribution is 2.20. The Morgan fingerprint density at radius 3 is 2.50 bits per heavy atom. The number of aromatic nitrogens is 5. The summed E-state index contributed by atoms with van der Waals surface area (Å²) in [7, 11) is 1.32. The van der Waals surface area contributed by atoms with Crippen LogP contribution in [0.25, 0.3) is 22.6 Å². The third-order valence-corrected chi connectivity index (χ3v) is 6.48. The number of ether oxygens (including phenoxy) is 1. The van der Waals surface area contributed by atoms with Crippen LogP contribution in [0.2, 0.25) is 0 Å². The van der Waals surface area contributed by atoms with Gasteiger partial charge in [0, 0.05) is 45.3 Å². The smallest absolute Gasteiger partial charge is 0.332 e. The van der Waals surface area contributed by atoms with Crippen molar-refractivity contribution in [2.45, 2.75) is 13.0 Å². The molecule has 0 radical (unpaired) electrons. The molecule has 1 N–H and O–H groups in total. The Bertz CT molecular complexity index is 1560. The Hall–Kier alpha value is -4.03. The van der Waals surface area contributed by atoms with E-state index in [9.17, 15) is 18.4 Å². The first-order valence-electron chi connectivity index (χ1n) is 12.4. The van der Waals surface area contributed by atoms with Gasteiger partial charge in [0.25, 0.3) is 5.56 Å². The summed E-state index contributed by atoms with van der Waals surface area (Å²) >= 11 is 0. The monoisotopic (exact) mass is 523 g/mol. The summed E-state index contributed by atoms with van der Waals surface area (Å²) in [6.45, 7) is 5.60. The van der Waals surface area contributed by atoms with Gasteiger partial charge in [-0.1, -0.05) is 6.07 Å². The molecule has 3 heterocycles. The molecule has 2 aromatic heterocycles. The van der Waals surface area contributed by atoms with Crippen molar-refractivity contribution < 1.29 is 13.5 Å². The molecule has 2 aromatic carbocycles. The van der Waals surface area contributed by atoms with Gasteiger partial charge >= 0.3 is 5.69 Å². The van der Waals surface area contributed by atoms with Crippen LogP contribution in [0.15, 0.2) is 52.1 Å². The van der Waals surface area contributed by atoms with Gasteiger partial charge in [-0.15, -0.1) is 10.2 Å². The van der Waals surface area contributed by atoms with Gasteiger partial charge in [0.1, 0.15) is 5.75 Å². The topological polar surface area (TPSA) is 107 Å². The highest BCUT2D eigenvalue weighted by atomic mass is 19.2. The van der Waals surface area contributed by atoms with E-state index in [1.165, 1.54) is 13.1 Å². The highest BCUT2D eigenvalue weighted by Gasteiger charge is 2.17. The van der Waals surface area contributed by atoms with Crippen LogP contribution >= 0.6 is 0 Å². The molecule has 1 saturated heterocycles. The molecular formula is C26H27F2N7O3. The first kappa shape index (κ1) is 25.6. The van der Waals surface area contributed by atoms with Crippen molar-refractivity contribution in [1.29, 1.82) is 0 Å². The third-order valence-electron chi connectivity index (χ3n) is 6.48. The molecule has 10 nitrogen and oxygen atoms in total. The zero-order valence-corrected chi connectivity index (χ0v) is 20.9. The SMILES string of the molecule is Cn1c(=O)c2nc(-c3ccc(OCCCN4CCNCC4)cc3)nnc2n(Cc2ccc(F)c(F)c2)c1=O. The molecule has 0 unspecified atom stereocenters. The average molecular weight is 524 g/mol. The number of nitrogens with zero attached hydrogens (tertiary/aromatic N) is 6. The van der Waals surface area contributed by atoms with Crippen LogP contribution in [0.1, 0.15) is 12.0 Å². The summed E-state index contributed by atoms with van der Waals surface area (Å²) in [4.78, 5) is 32.4. The van der Waals surface area contributed by atoms with Gasteiger partial charge in [0.2, 0.25) is 0 Å².